The summed E-state index contributed by atoms with van der Waals surface area (Å²) in [6.07, 6.45) is 0. The smallest absolute Gasteiger partial charge is 0.298 e. The third-order valence-corrected chi connectivity index (χ3v) is 2.11. The summed E-state index contributed by atoms with van der Waals surface area (Å²) in [5.74, 6) is 0. The molecule has 0 aliphatic heterocycles. The average Bonchev–Trinajstić information content (AvgIpc) is 1.56. The summed E-state index contributed by atoms with van der Waals surface area (Å²) < 4.78 is 0.650. The maximum atomic E-state index is 5.37. The number of hydrogen-bond donors (Lipinski definition) is 0. The highest BCUT2D eigenvalue weighted by molar-refractivity contribution is 6.70. The van der Waals surface area contributed by atoms with Gasteiger partial charge in [-0.15, -0.1) is 0 Å². The SMILES string of the molecule is ClC(OC(Cl)(Cl)Cl)C(Cl)(Cl)Cl. The topological polar surface area (TPSA) is 9.23 Å². The Hall–Kier alpha value is 1.99. The van der Waals surface area contributed by atoms with E-state index in [4.69, 9.17) is 81.2 Å². The molecule has 0 aromatic rings. The van der Waals surface area contributed by atoms with E-state index in [-0.39, 0.29) is 0 Å². The van der Waals surface area contributed by atoms with Crippen LogP contribution in [-0.2, 0) is 4.74 Å². The van der Waals surface area contributed by atoms with Gasteiger partial charge in [0, 0.05) is 0 Å². The van der Waals surface area contributed by atoms with Crippen molar-refractivity contribution in [1.29, 1.82) is 0 Å². The third-order valence-electron chi connectivity index (χ3n) is 0.494. The average molecular weight is 301 g/mol. The number of hydrogen-bond acceptors (Lipinski definition) is 1. The van der Waals surface area contributed by atoms with Crippen molar-refractivity contribution >= 4 is 81.2 Å². The van der Waals surface area contributed by atoms with Crippen molar-refractivity contribution in [2.24, 2.45) is 0 Å². The Morgan fingerprint density at radius 1 is 0.909 bits per heavy atom. The van der Waals surface area contributed by atoms with Gasteiger partial charge >= 0.3 is 0 Å². The largest absolute Gasteiger partial charge is 0.310 e. The summed E-state index contributed by atoms with van der Waals surface area (Å²) in [7, 11) is 0. The molecule has 0 amide bonds. The first-order valence-corrected chi connectivity index (χ1v) is 4.78. The maximum Gasteiger partial charge on any atom is 0.298 e. The van der Waals surface area contributed by atoms with E-state index in [9.17, 15) is 0 Å². The minimum absolute atomic E-state index is 1.32. The molecule has 0 bridgehead atoms. The highest BCUT2D eigenvalue weighted by Crippen LogP contribution is 2.40. The van der Waals surface area contributed by atoms with Crippen molar-refractivity contribution < 1.29 is 4.74 Å². The molecule has 0 saturated heterocycles. The van der Waals surface area contributed by atoms with Crippen molar-refractivity contribution in [3.8, 4) is 0 Å². The molecule has 0 N–H and O–H groups in total. The molecule has 0 rings (SSSR count). The van der Waals surface area contributed by atoms with Gasteiger partial charge in [0.05, 0.1) is 0 Å². The van der Waals surface area contributed by atoms with E-state index in [0.717, 1.165) is 0 Å². The zero-order valence-corrected chi connectivity index (χ0v) is 9.92. The second-order valence-corrected chi connectivity index (χ2v) is 6.36. The Morgan fingerprint density at radius 2 is 1.27 bits per heavy atom. The first-order chi connectivity index (χ1) is 4.63. The van der Waals surface area contributed by atoms with Crippen LogP contribution in [0.15, 0.2) is 0 Å². The van der Waals surface area contributed by atoms with Gasteiger partial charge < -0.3 is 4.74 Å². The maximum absolute atomic E-state index is 5.37. The Balaban J connectivity index is 3.99. The number of rotatable bonds is 1. The lowest BCUT2D eigenvalue weighted by molar-refractivity contribution is 0.105. The van der Waals surface area contributed by atoms with E-state index in [2.05, 4.69) is 4.74 Å². The molecule has 1 unspecified atom stereocenters. The summed E-state index contributed by atoms with van der Waals surface area (Å²) in [6.45, 7) is 0. The standard InChI is InChI=1S/C3HCl7O/c4-1(2(5,6)7)11-3(8,9)10/h1H. The zero-order valence-electron chi connectivity index (χ0n) is 4.63. The zero-order chi connectivity index (χ0) is 9.28. The lowest BCUT2D eigenvalue weighted by Gasteiger charge is -2.22. The van der Waals surface area contributed by atoms with Crippen LogP contribution in [-0.4, -0.2) is 13.3 Å². The van der Waals surface area contributed by atoms with Crippen LogP contribution in [0.5, 0.6) is 0 Å². The summed E-state index contributed by atoms with van der Waals surface area (Å²) >= 11 is 36.8. The molecule has 68 valence electrons. The van der Waals surface area contributed by atoms with Gasteiger partial charge in [0.25, 0.3) is 3.98 Å². The molecule has 8 heteroatoms. The van der Waals surface area contributed by atoms with E-state index < -0.39 is 13.3 Å². The Kier molecular flexibility index (Phi) is 5.28. The van der Waals surface area contributed by atoms with Gasteiger partial charge in [0.2, 0.25) is 3.79 Å². The van der Waals surface area contributed by atoms with Crippen LogP contribution < -0.4 is 0 Å². The van der Waals surface area contributed by atoms with Crippen molar-refractivity contribution in [2.75, 3.05) is 0 Å². The predicted molar refractivity (Wildman–Crippen MR) is 51.3 cm³/mol. The first-order valence-electron chi connectivity index (χ1n) is 2.08. The van der Waals surface area contributed by atoms with E-state index in [1.807, 2.05) is 0 Å². The fraction of sp³-hybridized carbons (Fsp3) is 1.00. The molecule has 0 aromatic heterocycles. The molecular weight excluding hydrogens is 300 g/mol. The quantitative estimate of drug-likeness (QED) is 0.657. The van der Waals surface area contributed by atoms with Crippen LogP contribution in [0.3, 0.4) is 0 Å². The van der Waals surface area contributed by atoms with E-state index >= 15 is 0 Å². The highest BCUT2D eigenvalue weighted by Gasteiger charge is 2.37. The monoisotopic (exact) mass is 298 g/mol. The number of halogens is 7. The van der Waals surface area contributed by atoms with Gasteiger partial charge in [-0.05, 0) is 0 Å². The highest BCUT2D eigenvalue weighted by atomic mass is 35.6. The number of alkyl halides is 7. The fourth-order valence-electron chi connectivity index (χ4n) is 0.184. The summed E-state index contributed by atoms with van der Waals surface area (Å²) in [4.78, 5) is 0. The molecule has 1 atom stereocenters. The van der Waals surface area contributed by atoms with Crippen LogP contribution in [0, 0.1) is 0 Å². The van der Waals surface area contributed by atoms with Gasteiger partial charge in [0.15, 0.2) is 5.56 Å². The fourth-order valence-corrected chi connectivity index (χ4v) is 0.855. The summed E-state index contributed by atoms with van der Waals surface area (Å²) in [6, 6.07) is 0. The van der Waals surface area contributed by atoms with Crippen molar-refractivity contribution in [2.45, 2.75) is 13.3 Å². The summed E-state index contributed by atoms with van der Waals surface area (Å²) in [5, 5.41) is 0. The van der Waals surface area contributed by atoms with Gasteiger partial charge in [-0.2, -0.15) is 0 Å². The van der Waals surface area contributed by atoms with E-state index in [0.29, 0.717) is 0 Å². The molecule has 0 fully saturated rings. The van der Waals surface area contributed by atoms with Crippen LogP contribution >= 0.6 is 81.2 Å². The van der Waals surface area contributed by atoms with Crippen LogP contribution in [0.2, 0.25) is 0 Å². The van der Waals surface area contributed by atoms with Crippen LogP contribution in [0.25, 0.3) is 0 Å². The third kappa shape index (κ3) is 7.09. The Bertz CT molecular complexity index is 123. The molecule has 0 aromatic carbocycles. The number of ether oxygens (including phenoxy) is 1. The van der Waals surface area contributed by atoms with Crippen LogP contribution in [0.1, 0.15) is 0 Å². The predicted octanol–water partition coefficient (Wildman–Crippen LogP) is 4.27. The molecule has 1 nitrogen and oxygen atoms in total. The first kappa shape index (κ1) is 13.0. The van der Waals surface area contributed by atoms with E-state index in [1.54, 1.807) is 0 Å². The van der Waals surface area contributed by atoms with Gasteiger partial charge in [0.1, 0.15) is 0 Å². The Labute approximate surface area is 98.7 Å². The van der Waals surface area contributed by atoms with Crippen molar-refractivity contribution in [1.82, 2.24) is 0 Å². The Morgan fingerprint density at radius 3 is 1.36 bits per heavy atom. The van der Waals surface area contributed by atoms with Gasteiger partial charge in [-0.25, -0.2) is 0 Å². The van der Waals surface area contributed by atoms with Gasteiger partial charge in [-0.3, -0.25) is 0 Å². The minimum atomic E-state index is -1.99. The molecule has 0 aliphatic rings. The minimum Gasteiger partial charge on any atom is -0.310 e. The molecular formula is C3HCl7O. The molecule has 0 aliphatic carbocycles. The molecule has 0 radical (unpaired) electrons. The second kappa shape index (κ2) is 4.47. The molecule has 0 heterocycles. The molecule has 11 heavy (non-hydrogen) atoms. The second-order valence-electron chi connectivity index (χ2n) is 1.42. The summed E-state index contributed by atoms with van der Waals surface area (Å²) in [5.41, 5.74) is -1.32. The van der Waals surface area contributed by atoms with Crippen molar-refractivity contribution in [3.63, 3.8) is 0 Å². The lowest BCUT2D eigenvalue weighted by atomic mass is 10.8. The van der Waals surface area contributed by atoms with Crippen LogP contribution in [0.4, 0.5) is 0 Å². The molecule has 0 saturated carbocycles. The lowest BCUT2D eigenvalue weighted by Crippen LogP contribution is -2.28. The normalized spacial score (nSPS) is 16.6. The van der Waals surface area contributed by atoms with E-state index in [1.165, 1.54) is 0 Å². The van der Waals surface area contributed by atoms with Crippen molar-refractivity contribution in [3.05, 3.63) is 0 Å². The van der Waals surface area contributed by atoms with Gasteiger partial charge in [-0.1, -0.05) is 81.2 Å². The molecule has 0 spiro atoms.